The van der Waals surface area contributed by atoms with Crippen LogP contribution >= 0.6 is 21.6 Å². The van der Waals surface area contributed by atoms with Crippen molar-refractivity contribution in [1.82, 2.24) is 9.80 Å². The molecule has 0 saturated carbocycles. The van der Waals surface area contributed by atoms with Crippen LogP contribution in [0.5, 0.6) is 0 Å². The Bertz CT molecular complexity index is 804. The van der Waals surface area contributed by atoms with Gasteiger partial charge in [0.15, 0.2) is 0 Å². The number of nitrogens with zero attached hydrogens (tertiary/aromatic N) is 2. The number of hydrogen-bond acceptors (Lipinski definition) is 9. The average Bonchev–Trinajstić information content (AvgIpc) is 3.20. The second-order valence-corrected chi connectivity index (χ2v) is 19.3. The first-order valence-electron chi connectivity index (χ1n) is 24.7. The number of carbonyl (C=O) groups excluding carboxylic acids is 2. The van der Waals surface area contributed by atoms with Crippen molar-refractivity contribution in [2.24, 2.45) is 0 Å². The SMILES string of the molecule is CCCCCCCCCCCCN(CCO)CCCCCCCC(=O)OCCSSCCOC(=O)CN(CCCCCCCCCC)CCCCCCCCCC. The van der Waals surface area contributed by atoms with Crippen molar-refractivity contribution in [1.29, 1.82) is 0 Å². The number of rotatable bonds is 48. The molecule has 0 aromatic rings. The lowest BCUT2D eigenvalue weighted by molar-refractivity contribution is -0.144. The molecule has 0 bridgehead atoms. The van der Waals surface area contributed by atoms with Gasteiger partial charge in [-0.1, -0.05) is 209 Å². The van der Waals surface area contributed by atoms with E-state index in [4.69, 9.17) is 9.47 Å². The van der Waals surface area contributed by atoms with Crippen molar-refractivity contribution >= 4 is 33.5 Å². The Morgan fingerprint density at radius 3 is 1.09 bits per heavy atom. The molecule has 57 heavy (non-hydrogen) atoms. The molecule has 0 radical (unpaired) electrons. The second kappa shape index (κ2) is 48.2. The summed E-state index contributed by atoms with van der Waals surface area (Å²) in [5.74, 6) is 1.30. The van der Waals surface area contributed by atoms with Crippen molar-refractivity contribution in [3.8, 4) is 0 Å². The van der Waals surface area contributed by atoms with E-state index in [0.29, 0.717) is 26.2 Å². The molecule has 0 rings (SSSR count). The number of aliphatic hydroxyl groups is 1. The first kappa shape index (κ1) is 56.5. The highest BCUT2D eigenvalue weighted by Crippen LogP contribution is 2.21. The third-order valence-electron chi connectivity index (χ3n) is 11.1. The molecule has 0 aliphatic heterocycles. The summed E-state index contributed by atoms with van der Waals surface area (Å²) in [7, 11) is 3.36. The predicted octanol–water partition coefficient (Wildman–Crippen LogP) is 13.6. The second-order valence-electron chi connectivity index (χ2n) is 16.6. The van der Waals surface area contributed by atoms with Crippen molar-refractivity contribution in [3.63, 3.8) is 0 Å². The summed E-state index contributed by atoms with van der Waals surface area (Å²) in [6, 6.07) is 0. The molecule has 1 N–H and O–H groups in total. The zero-order chi connectivity index (χ0) is 41.5. The van der Waals surface area contributed by atoms with Crippen LogP contribution in [-0.4, -0.2) is 97.4 Å². The molecular formula is C48H96N2O5S2. The number of unbranched alkanes of at least 4 members (excludes halogenated alkanes) is 27. The lowest BCUT2D eigenvalue weighted by atomic mass is 10.1. The van der Waals surface area contributed by atoms with Crippen molar-refractivity contribution < 1.29 is 24.2 Å². The van der Waals surface area contributed by atoms with Crippen LogP contribution in [0.3, 0.4) is 0 Å². The minimum Gasteiger partial charge on any atom is -0.465 e. The van der Waals surface area contributed by atoms with E-state index in [1.54, 1.807) is 21.6 Å². The molecule has 0 amide bonds. The van der Waals surface area contributed by atoms with Crippen LogP contribution in [0.15, 0.2) is 0 Å². The summed E-state index contributed by atoms with van der Waals surface area (Å²) in [6.45, 7) is 13.3. The topological polar surface area (TPSA) is 79.3 Å². The van der Waals surface area contributed by atoms with E-state index in [9.17, 15) is 14.7 Å². The zero-order valence-corrected chi connectivity index (χ0v) is 39.8. The standard InChI is InChI=1S/C48H96N2O5S2/c1-4-7-10-13-16-19-20-23-26-31-36-49(40-41-51)37-32-29-24-25-30-35-47(52)54-42-44-56-57-45-43-55-48(53)46-50(38-33-27-21-17-14-11-8-5-2)39-34-28-22-18-15-12-9-6-3/h51H,4-46H2,1-3H3. The zero-order valence-electron chi connectivity index (χ0n) is 38.2. The lowest BCUT2D eigenvalue weighted by Gasteiger charge is -2.21. The van der Waals surface area contributed by atoms with Crippen LogP contribution < -0.4 is 0 Å². The van der Waals surface area contributed by atoms with Crippen LogP contribution in [0, 0.1) is 0 Å². The van der Waals surface area contributed by atoms with Crippen LogP contribution in [-0.2, 0) is 19.1 Å². The molecule has 340 valence electrons. The first-order valence-corrected chi connectivity index (χ1v) is 27.2. The highest BCUT2D eigenvalue weighted by Gasteiger charge is 2.12. The van der Waals surface area contributed by atoms with E-state index in [1.165, 1.54) is 173 Å². The van der Waals surface area contributed by atoms with Gasteiger partial charge in [0, 0.05) is 24.5 Å². The molecule has 0 aromatic heterocycles. The highest BCUT2D eigenvalue weighted by atomic mass is 33.1. The molecular weight excluding hydrogens is 749 g/mol. The van der Waals surface area contributed by atoms with Gasteiger partial charge in [0.2, 0.25) is 0 Å². The summed E-state index contributed by atoms with van der Waals surface area (Å²) in [5.41, 5.74) is 0. The number of aliphatic hydroxyl groups excluding tert-OH is 1. The van der Waals surface area contributed by atoms with Crippen molar-refractivity contribution in [2.45, 2.75) is 226 Å². The van der Waals surface area contributed by atoms with Gasteiger partial charge in [0.05, 0.1) is 13.2 Å². The third kappa shape index (κ3) is 44.9. The number of hydrogen-bond donors (Lipinski definition) is 1. The molecule has 0 aliphatic carbocycles. The van der Waals surface area contributed by atoms with Gasteiger partial charge < -0.3 is 19.5 Å². The normalized spacial score (nSPS) is 11.6. The summed E-state index contributed by atoms with van der Waals surface area (Å²) in [6.07, 6.45) is 40.4. The Kier molecular flexibility index (Phi) is 47.8. The van der Waals surface area contributed by atoms with Gasteiger partial charge in [-0.05, 0) is 58.3 Å². The Hall–Kier alpha value is -0.480. The number of esters is 2. The summed E-state index contributed by atoms with van der Waals surface area (Å²) >= 11 is 0. The quantitative estimate of drug-likeness (QED) is 0.0366. The van der Waals surface area contributed by atoms with Gasteiger partial charge in [0.1, 0.15) is 13.2 Å². The van der Waals surface area contributed by atoms with Crippen molar-refractivity contribution in [2.75, 3.05) is 70.6 Å². The molecule has 0 saturated heterocycles. The Labute approximate surface area is 362 Å². The Morgan fingerprint density at radius 2 is 0.719 bits per heavy atom. The van der Waals surface area contributed by atoms with Gasteiger partial charge in [-0.3, -0.25) is 14.5 Å². The van der Waals surface area contributed by atoms with Gasteiger partial charge in [-0.25, -0.2) is 0 Å². The largest absolute Gasteiger partial charge is 0.465 e. The third-order valence-corrected chi connectivity index (χ3v) is 13.4. The minimum atomic E-state index is -0.100. The molecule has 9 heteroatoms. The monoisotopic (exact) mass is 845 g/mol. The van der Waals surface area contributed by atoms with Crippen LogP contribution in [0.25, 0.3) is 0 Å². The minimum absolute atomic E-state index is 0.0938. The van der Waals surface area contributed by atoms with Crippen molar-refractivity contribution in [3.05, 3.63) is 0 Å². The molecule has 0 aromatic carbocycles. The molecule has 0 unspecified atom stereocenters. The molecule has 0 heterocycles. The van der Waals surface area contributed by atoms with Crippen LogP contribution in [0.4, 0.5) is 0 Å². The fraction of sp³-hybridized carbons (Fsp3) is 0.958. The maximum atomic E-state index is 12.7. The van der Waals surface area contributed by atoms with Crippen LogP contribution in [0.2, 0.25) is 0 Å². The predicted molar refractivity (Wildman–Crippen MR) is 252 cm³/mol. The summed E-state index contributed by atoms with van der Waals surface area (Å²) in [5, 5.41) is 9.48. The molecule has 0 atom stereocenters. The molecule has 0 aliphatic rings. The first-order chi connectivity index (χ1) is 28.1. The van der Waals surface area contributed by atoms with E-state index in [0.717, 1.165) is 69.9 Å². The lowest BCUT2D eigenvalue weighted by Crippen LogP contribution is -2.33. The molecule has 0 spiro atoms. The number of ether oxygens (including phenoxy) is 2. The Morgan fingerprint density at radius 1 is 0.404 bits per heavy atom. The highest BCUT2D eigenvalue weighted by molar-refractivity contribution is 8.76. The Balaban J connectivity index is 3.90. The fourth-order valence-corrected chi connectivity index (χ4v) is 9.09. The number of carbonyl (C=O) groups is 2. The van der Waals surface area contributed by atoms with Crippen LogP contribution in [0.1, 0.15) is 226 Å². The maximum absolute atomic E-state index is 12.7. The van der Waals surface area contributed by atoms with Gasteiger partial charge in [-0.2, -0.15) is 0 Å². The average molecular weight is 845 g/mol. The van der Waals surface area contributed by atoms with Gasteiger partial charge >= 0.3 is 11.9 Å². The van der Waals surface area contributed by atoms with E-state index in [-0.39, 0.29) is 18.5 Å². The van der Waals surface area contributed by atoms with Gasteiger partial charge in [0.25, 0.3) is 0 Å². The maximum Gasteiger partial charge on any atom is 0.320 e. The smallest absolute Gasteiger partial charge is 0.320 e. The van der Waals surface area contributed by atoms with E-state index in [1.807, 2.05) is 0 Å². The fourth-order valence-electron chi connectivity index (χ4n) is 7.44. The van der Waals surface area contributed by atoms with E-state index >= 15 is 0 Å². The van der Waals surface area contributed by atoms with Gasteiger partial charge in [-0.15, -0.1) is 0 Å². The summed E-state index contributed by atoms with van der Waals surface area (Å²) < 4.78 is 11.1. The summed E-state index contributed by atoms with van der Waals surface area (Å²) in [4.78, 5) is 29.6. The van der Waals surface area contributed by atoms with E-state index < -0.39 is 0 Å². The van der Waals surface area contributed by atoms with E-state index in [2.05, 4.69) is 30.6 Å². The molecule has 7 nitrogen and oxygen atoms in total. The molecule has 0 fully saturated rings.